The molecule has 1 aliphatic rings. The summed E-state index contributed by atoms with van der Waals surface area (Å²) in [6.07, 6.45) is -0.264. The third-order valence-electron chi connectivity index (χ3n) is 3.62. The van der Waals surface area contributed by atoms with Crippen molar-refractivity contribution >= 4 is 11.8 Å². The maximum Gasteiger partial charge on any atom is 0.410 e. The number of rotatable bonds is 2. The zero-order valence-electron chi connectivity index (χ0n) is 17.8. The second-order valence-corrected chi connectivity index (χ2v) is 6.96. The van der Waals surface area contributed by atoms with Crippen molar-refractivity contribution in [3.63, 3.8) is 0 Å². The van der Waals surface area contributed by atoms with Crippen LogP contribution in [0.25, 0.3) is 0 Å². The van der Waals surface area contributed by atoms with Gasteiger partial charge in [0.25, 0.3) is 0 Å². The molecule has 1 saturated heterocycles. The van der Waals surface area contributed by atoms with E-state index in [0.29, 0.717) is 31.9 Å². The fraction of sp³-hybridized carbons (Fsp3) is 0.650. The molecule has 2 N–H and O–H groups in total. The highest BCUT2D eigenvalue weighted by molar-refractivity contribution is 5.68. The number of piperazine rings is 1. The normalized spacial score (nSPS) is 14.3. The maximum atomic E-state index is 12.8. The third kappa shape index (κ3) is 10.2. The predicted molar refractivity (Wildman–Crippen MR) is 108 cm³/mol. The van der Waals surface area contributed by atoms with E-state index >= 15 is 0 Å². The number of aliphatic hydroxyl groups excluding tert-OH is 1. The molecule has 0 aromatic heterocycles. The molecule has 1 aromatic rings. The third-order valence-corrected chi connectivity index (χ3v) is 3.62. The number of carbonyl (C=O) groups is 1. The van der Waals surface area contributed by atoms with Gasteiger partial charge >= 0.3 is 6.09 Å². The van der Waals surface area contributed by atoms with Gasteiger partial charge in [-0.15, -0.1) is 0 Å². The van der Waals surface area contributed by atoms with Gasteiger partial charge in [-0.05, 0) is 45.4 Å². The molecule has 1 aromatic carbocycles. The number of nitrogens with one attached hydrogen (secondary N) is 1. The highest BCUT2D eigenvalue weighted by Crippen LogP contribution is 2.13. The average molecular weight is 386 g/mol. The van der Waals surface area contributed by atoms with Crippen LogP contribution in [-0.4, -0.2) is 66.6 Å². The van der Waals surface area contributed by atoms with Crippen LogP contribution >= 0.6 is 0 Å². The topological polar surface area (TPSA) is 65.0 Å². The second-order valence-electron chi connectivity index (χ2n) is 6.96. The number of aliphatic hydroxyl groups is 1. The van der Waals surface area contributed by atoms with Gasteiger partial charge < -0.3 is 20.1 Å². The predicted octanol–water partition coefficient (Wildman–Crippen LogP) is 3.69. The number of benzene rings is 1. The summed E-state index contributed by atoms with van der Waals surface area (Å²) in [5.41, 5.74) is 1.05. The van der Waals surface area contributed by atoms with E-state index in [4.69, 9.17) is 9.84 Å². The molecule has 7 heteroatoms. The quantitative estimate of drug-likeness (QED) is 0.813. The largest absolute Gasteiger partial charge is 0.444 e. The molecule has 0 saturated carbocycles. The van der Waals surface area contributed by atoms with Crippen molar-refractivity contribution in [1.29, 1.82) is 0 Å². The molecule has 2 rings (SSSR count). The van der Waals surface area contributed by atoms with Gasteiger partial charge in [-0.25, -0.2) is 9.18 Å². The fourth-order valence-corrected chi connectivity index (χ4v) is 2.22. The zero-order chi connectivity index (χ0) is 21.0. The SMILES string of the molecule is CC.CC(C)(C)OC(=O)N1CCN(CO)CC1.CNc1ccc(C)cc1F. The van der Waals surface area contributed by atoms with Gasteiger partial charge in [0, 0.05) is 33.2 Å². The van der Waals surface area contributed by atoms with Gasteiger partial charge in [0.15, 0.2) is 0 Å². The molecule has 27 heavy (non-hydrogen) atoms. The number of hydrogen-bond acceptors (Lipinski definition) is 5. The summed E-state index contributed by atoms with van der Waals surface area (Å²) in [6, 6.07) is 5.10. The number of amides is 1. The Balaban J connectivity index is 0.000000488. The molecule has 6 nitrogen and oxygen atoms in total. The molecule has 0 unspecified atom stereocenters. The fourth-order valence-electron chi connectivity index (χ4n) is 2.22. The van der Waals surface area contributed by atoms with Gasteiger partial charge in [0.1, 0.15) is 11.4 Å². The number of halogens is 1. The lowest BCUT2D eigenvalue weighted by molar-refractivity contribution is 0.00425. The molecule has 0 atom stereocenters. The highest BCUT2D eigenvalue weighted by Gasteiger charge is 2.25. The van der Waals surface area contributed by atoms with Gasteiger partial charge in [0.2, 0.25) is 0 Å². The van der Waals surface area contributed by atoms with E-state index in [1.54, 1.807) is 18.0 Å². The average Bonchev–Trinajstić information content (AvgIpc) is 2.63. The van der Waals surface area contributed by atoms with Crippen molar-refractivity contribution < 1.29 is 19.0 Å². The minimum absolute atomic E-state index is 0.0577. The first-order valence-electron chi connectivity index (χ1n) is 9.41. The first-order valence-corrected chi connectivity index (χ1v) is 9.41. The Morgan fingerprint density at radius 1 is 1.22 bits per heavy atom. The minimum Gasteiger partial charge on any atom is -0.444 e. The molecular weight excluding hydrogens is 349 g/mol. The Hall–Kier alpha value is -1.86. The number of ether oxygens (including phenoxy) is 1. The van der Waals surface area contributed by atoms with E-state index in [1.165, 1.54) is 6.07 Å². The zero-order valence-corrected chi connectivity index (χ0v) is 17.8. The van der Waals surface area contributed by atoms with E-state index in [0.717, 1.165) is 5.56 Å². The van der Waals surface area contributed by atoms with Crippen LogP contribution in [0.1, 0.15) is 40.2 Å². The van der Waals surface area contributed by atoms with Crippen LogP contribution in [0.2, 0.25) is 0 Å². The van der Waals surface area contributed by atoms with Crippen LogP contribution in [0.15, 0.2) is 18.2 Å². The molecule has 1 heterocycles. The number of nitrogens with zero attached hydrogens (tertiary/aromatic N) is 2. The van der Waals surface area contributed by atoms with Gasteiger partial charge in [-0.1, -0.05) is 19.9 Å². The van der Waals surface area contributed by atoms with Crippen molar-refractivity contribution in [2.24, 2.45) is 0 Å². The molecule has 0 bridgehead atoms. The van der Waals surface area contributed by atoms with Gasteiger partial charge in [-0.3, -0.25) is 4.90 Å². The summed E-state index contributed by atoms with van der Waals surface area (Å²) in [6.45, 7) is 14.1. The molecule has 1 fully saturated rings. The molecule has 0 radical (unpaired) electrons. The van der Waals surface area contributed by atoms with Crippen molar-refractivity contribution in [3.05, 3.63) is 29.6 Å². The lowest BCUT2D eigenvalue weighted by Crippen LogP contribution is -2.50. The van der Waals surface area contributed by atoms with Crippen LogP contribution < -0.4 is 5.32 Å². The first kappa shape index (κ1) is 25.1. The molecule has 156 valence electrons. The Kier molecular flexibility index (Phi) is 11.7. The Bertz CT molecular complexity index is 554. The van der Waals surface area contributed by atoms with Crippen molar-refractivity contribution in [2.45, 2.75) is 47.1 Å². The monoisotopic (exact) mass is 385 g/mol. The van der Waals surface area contributed by atoms with E-state index in [-0.39, 0.29) is 18.6 Å². The smallest absolute Gasteiger partial charge is 0.410 e. The van der Waals surface area contributed by atoms with Crippen LogP contribution in [-0.2, 0) is 4.74 Å². The summed E-state index contributed by atoms with van der Waals surface area (Å²) >= 11 is 0. The molecular formula is C20H36FN3O3. The summed E-state index contributed by atoms with van der Waals surface area (Å²) in [7, 11) is 1.70. The summed E-state index contributed by atoms with van der Waals surface area (Å²) in [5, 5.41) is 11.6. The van der Waals surface area contributed by atoms with E-state index in [9.17, 15) is 9.18 Å². The number of carbonyl (C=O) groups excluding carboxylic acids is 1. The van der Waals surface area contributed by atoms with Crippen molar-refractivity contribution in [2.75, 3.05) is 45.3 Å². The van der Waals surface area contributed by atoms with E-state index < -0.39 is 5.60 Å². The highest BCUT2D eigenvalue weighted by atomic mass is 19.1. The number of aryl methyl sites for hydroxylation is 1. The van der Waals surface area contributed by atoms with Crippen LogP contribution in [0.4, 0.5) is 14.9 Å². The van der Waals surface area contributed by atoms with Crippen LogP contribution in [0.3, 0.4) is 0 Å². The van der Waals surface area contributed by atoms with E-state index in [2.05, 4.69) is 5.32 Å². The summed E-state index contributed by atoms with van der Waals surface area (Å²) in [5.74, 6) is -0.192. The molecule has 0 aliphatic carbocycles. The lowest BCUT2D eigenvalue weighted by atomic mass is 10.2. The van der Waals surface area contributed by atoms with Crippen LogP contribution in [0.5, 0.6) is 0 Å². The second kappa shape index (κ2) is 12.5. The maximum absolute atomic E-state index is 12.8. The van der Waals surface area contributed by atoms with Gasteiger partial charge in [0.05, 0.1) is 12.4 Å². The first-order chi connectivity index (χ1) is 12.7. The summed E-state index contributed by atoms with van der Waals surface area (Å²) in [4.78, 5) is 15.2. The Labute approximate surface area is 163 Å². The molecule has 1 aliphatic heterocycles. The minimum atomic E-state index is -0.439. The van der Waals surface area contributed by atoms with E-state index in [1.807, 2.05) is 52.5 Å². The lowest BCUT2D eigenvalue weighted by Gasteiger charge is -2.34. The standard InChI is InChI=1S/C10H20N2O3.C8H10FN.C2H6/c1-10(2,3)15-9(14)12-6-4-11(8-13)5-7-12;1-6-3-4-8(10-2)7(9)5-6;1-2/h13H,4-8H2,1-3H3;3-5,10H,1-2H3;1-2H3. The van der Waals surface area contributed by atoms with Gasteiger partial charge in [-0.2, -0.15) is 0 Å². The summed E-state index contributed by atoms with van der Waals surface area (Å²) < 4.78 is 18.0. The van der Waals surface area contributed by atoms with Crippen molar-refractivity contribution in [3.8, 4) is 0 Å². The molecule has 0 spiro atoms. The Morgan fingerprint density at radius 3 is 2.19 bits per heavy atom. The number of hydrogen-bond donors (Lipinski definition) is 2. The molecule has 1 amide bonds. The number of anilines is 1. The Morgan fingerprint density at radius 2 is 1.78 bits per heavy atom. The van der Waals surface area contributed by atoms with Crippen molar-refractivity contribution in [1.82, 2.24) is 9.80 Å². The van der Waals surface area contributed by atoms with Crippen LogP contribution in [0, 0.1) is 12.7 Å².